The molecule has 1 amide bonds. The van der Waals surface area contributed by atoms with Crippen LogP contribution < -0.4 is 5.32 Å². The first-order chi connectivity index (χ1) is 8.99. The molecule has 2 aromatic rings. The summed E-state index contributed by atoms with van der Waals surface area (Å²) in [6.45, 7) is 3.20. The average Bonchev–Trinajstić information content (AvgIpc) is 2.97. The number of aromatic nitrogens is 5. The van der Waals surface area contributed by atoms with Gasteiger partial charge in [-0.15, -0.1) is 10.2 Å². The Labute approximate surface area is 109 Å². The molecule has 0 aliphatic carbocycles. The second-order valence-corrected chi connectivity index (χ2v) is 4.25. The Bertz CT molecular complexity index is 601. The monoisotopic (exact) mass is 262 g/mol. The molecule has 1 atom stereocenters. The lowest BCUT2D eigenvalue weighted by molar-refractivity contribution is 0.0930. The summed E-state index contributed by atoms with van der Waals surface area (Å²) in [5.74, 6) is 0.0162. The molecule has 8 heteroatoms. The van der Waals surface area contributed by atoms with Crippen molar-refractivity contribution >= 4 is 11.7 Å². The zero-order valence-electron chi connectivity index (χ0n) is 10.8. The van der Waals surface area contributed by atoms with Crippen LogP contribution in [0.25, 0.3) is 0 Å². The molecule has 0 radical (unpaired) electrons. The zero-order valence-corrected chi connectivity index (χ0v) is 10.8. The molecule has 0 bridgehead atoms. The Hall–Kier alpha value is -2.51. The van der Waals surface area contributed by atoms with Gasteiger partial charge in [-0.1, -0.05) is 5.21 Å². The normalized spacial score (nSPS) is 12.2. The maximum absolute atomic E-state index is 12.1. The van der Waals surface area contributed by atoms with Crippen LogP contribution in [0.4, 0.5) is 0 Å². The number of hydrogen-bond acceptors (Lipinski definition) is 5. The number of Topliss-reactive ketones (excluding diaryl/α,β-unsaturated/α-hetero) is 1. The quantitative estimate of drug-likeness (QED) is 0.767. The minimum absolute atomic E-state index is 0.0825. The molecule has 0 aromatic carbocycles. The third-order valence-corrected chi connectivity index (χ3v) is 2.74. The fourth-order valence-electron chi connectivity index (χ4n) is 1.67. The number of aromatic amines is 1. The molecular weight excluding hydrogens is 248 g/mol. The minimum Gasteiger partial charge on any atom is -0.346 e. The molecule has 0 saturated carbocycles. The van der Waals surface area contributed by atoms with E-state index >= 15 is 0 Å². The molecule has 19 heavy (non-hydrogen) atoms. The first-order valence-electron chi connectivity index (χ1n) is 5.70. The highest BCUT2D eigenvalue weighted by Crippen LogP contribution is 2.10. The SMILES string of the molecule is CC(=O)c1cc(C(=O)NC(C)c2nn[nH]n2)n(C)c1. The van der Waals surface area contributed by atoms with Crippen molar-refractivity contribution < 1.29 is 9.59 Å². The van der Waals surface area contributed by atoms with Gasteiger partial charge in [0.2, 0.25) is 0 Å². The lowest BCUT2D eigenvalue weighted by Gasteiger charge is -2.10. The molecular formula is C11H14N6O2. The number of aryl methyl sites for hydroxylation is 1. The molecule has 0 spiro atoms. The highest BCUT2D eigenvalue weighted by molar-refractivity contribution is 5.99. The van der Waals surface area contributed by atoms with Crippen molar-refractivity contribution in [2.24, 2.45) is 7.05 Å². The van der Waals surface area contributed by atoms with E-state index in [1.54, 1.807) is 30.8 Å². The number of H-pyrrole nitrogens is 1. The summed E-state index contributed by atoms with van der Waals surface area (Å²) >= 11 is 0. The Kier molecular flexibility index (Phi) is 3.41. The smallest absolute Gasteiger partial charge is 0.268 e. The second-order valence-electron chi connectivity index (χ2n) is 4.25. The largest absolute Gasteiger partial charge is 0.346 e. The topological polar surface area (TPSA) is 106 Å². The van der Waals surface area contributed by atoms with Gasteiger partial charge in [-0.05, 0) is 19.9 Å². The minimum atomic E-state index is -0.373. The van der Waals surface area contributed by atoms with E-state index in [0.29, 0.717) is 17.1 Å². The molecule has 8 nitrogen and oxygen atoms in total. The van der Waals surface area contributed by atoms with E-state index in [9.17, 15) is 9.59 Å². The lowest BCUT2D eigenvalue weighted by atomic mass is 10.2. The molecule has 0 fully saturated rings. The first-order valence-corrected chi connectivity index (χ1v) is 5.70. The van der Waals surface area contributed by atoms with Crippen LogP contribution in [0.15, 0.2) is 12.3 Å². The maximum Gasteiger partial charge on any atom is 0.268 e. The summed E-state index contributed by atoms with van der Waals surface area (Å²) in [4.78, 5) is 23.3. The predicted octanol–water partition coefficient (Wildman–Crippen LogP) is 0.232. The number of tetrazole rings is 1. The van der Waals surface area contributed by atoms with Crippen LogP contribution >= 0.6 is 0 Å². The summed E-state index contributed by atoms with van der Waals surface area (Å²) in [6, 6.07) is 1.18. The van der Waals surface area contributed by atoms with E-state index in [2.05, 4.69) is 25.9 Å². The number of carbonyl (C=O) groups is 2. The van der Waals surface area contributed by atoms with Crippen LogP contribution in [0, 0.1) is 0 Å². The van der Waals surface area contributed by atoms with E-state index in [4.69, 9.17) is 0 Å². The summed E-state index contributed by atoms with van der Waals surface area (Å²) in [6.07, 6.45) is 1.62. The summed E-state index contributed by atoms with van der Waals surface area (Å²) < 4.78 is 1.61. The zero-order chi connectivity index (χ0) is 14.0. The van der Waals surface area contributed by atoms with Crippen molar-refractivity contribution in [1.82, 2.24) is 30.5 Å². The van der Waals surface area contributed by atoms with Crippen LogP contribution in [-0.2, 0) is 7.05 Å². The van der Waals surface area contributed by atoms with Gasteiger partial charge in [-0.25, -0.2) is 0 Å². The maximum atomic E-state index is 12.1. The Morgan fingerprint density at radius 2 is 2.21 bits per heavy atom. The number of rotatable bonds is 4. The number of carbonyl (C=O) groups excluding carboxylic acids is 2. The van der Waals surface area contributed by atoms with Gasteiger partial charge in [-0.3, -0.25) is 9.59 Å². The van der Waals surface area contributed by atoms with Gasteiger partial charge in [0.25, 0.3) is 5.91 Å². The third-order valence-electron chi connectivity index (χ3n) is 2.74. The second kappa shape index (κ2) is 5.01. The van der Waals surface area contributed by atoms with Gasteiger partial charge in [-0.2, -0.15) is 5.21 Å². The average molecular weight is 262 g/mol. The van der Waals surface area contributed by atoms with Gasteiger partial charge in [0.15, 0.2) is 11.6 Å². The number of hydrogen-bond donors (Lipinski definition) is 2. The van der Waals surface area contributed by atoms with Crippen molar-refractivity contribution in [3.8, 4) is 0 Å². The molecule has 0 aliphatic rings. The summed E-state index contributed by atoms with van der Waals surface area (Å²) in [5.41, 5.74) is 0.903. The number of nitrogens with one attached hydrogen (secondary N) is 2. The lowest BCUT2D eigenvalue weighted by Crippen LogP contribution is -2.28. The van der Waals surface area contributed by atoms with Crippen LogP contribution in [0.2, 0.25) is 0 Å². The summed E-state index contributed by atoms with van der Waals surface area (Å²) in [7, 11) is 1.71. The Morgan fingerprint density at radius 3 is 2.74 bits per heavy atom. The van der Waals surface area contributed by atoms with Gasteiger partial charge in [0, 0.05) is 18.8 Å². The van der Waals surface area contributed by atoms with E-state index in [1.165, 1.54) is 6.92 Å². The molecule has 2 N–H and O–H groups in total. The highest BCUT2D eigenvalue weighted by Gasteiger charge is 2.18. The summed E-state index contributed by atoms with van der Waals surface area (Å²) in [5, 5.41) is 16.1. The van der Waals surface area contributed by atoms with Crippen molar-refractivity contribution in [2.75, 3.05) is 0 Å². The van der Waals surface area contributed by atoms with E-state index in [1.807, 2.05) is 0 Å². The molecule has 2 aromatic heterocycles. The van der Waals surface area contributed by atoms with Crippen LogP contribution in [0.3, 0.4) is 0 Å². The van der Waals surface area contributed by atoms with Crippen molar-refractivity contribution in [1.29, 1.82) is 0 Å². The van der Waals surface area contributed by atoms with Crippen molar-refractivity contribution in [2.45, 2.75) is 19.9 Å². The van der Waals surface area contributed by atoms with Crippen LogP contribution in [0.5, 0.6) is 0 Å². The molecule has 0 aliphatic heterocycles. The molecule has 2 heterocycles. The molecule has 100 valence electrons. The molecule has 0 saturated heterocycles. The number of ketones is 1. The van der Waals surface area contributed by atoms with Crippen molar-refractivity contribution in [3.63, 3.8) is 0 Å². The number of amides is 1. The van der Waals surface area contributed by atoms with Gasteiger partial charge in [0.1, 0.15) is 5.69 Å². The van der Waals surface area contributed by atoms with Crippen LogP contribution in [0.1, 0.15) is 46.6 Å². The Balaban J connectivity index is 2.14. The van der Waals surface area contributed by atoms with Gasteiger partial charge >= 0.3 is 0 Å². The third kappa shape index (κ3) is 2.67. The standard InChI is InChI=1S/C11H14N6O2/c1-6(10-13-15-16-14-10)12-11(19)9-4-8(7(2)18)5-17(9)3/h4-6H,1-3H3,(H,12,19)(H,13,14,15,16). The fourth-order valence-corrected chi connectivity index (χ4v) is 1.67. The van der Waals surface area contributed by atoms with Crippen LogP contribution in [-0.4, -0.2) is 36.9 Å². The van der Waals surface area contributed by atoms with Gasteiger partial charge < -0.3 is 9.88 Å². The molecule has 2 rings (SSSR count). The Morgan fingerprint density at radius 1 is 1.47 bits per heavy atom. The predicted molar refractivity (Wildman–Crippen MR) is 65.5 cm³/mol. The van der Waals surface area contributed by atoms with Crippen molar-refractivity contribution in [3.05, 3.63) is 29.3 Å². The van der Waals surface area contributed by atoms with Gasteiger partial charge in [0.05, 0.1) is 6.04 Å². The number of nitrogens with zero attached hydrogens (tertiary/aromatic N) is 4. The van der Waals surface area contributed by atoms with E-state index in [-0.39, 0.29) is 17.7 Å². The van der Waals surface area contributed by atoms with E-state index < -0.39 is 0 Å². The molecule has 1 unspecified atom stereocenters. The van der Waals surface area contributed by atoms with E-state index in [0.717, 1.165) is 0 Å². The fraction of sp³-hybridized carbons (Fsp3) is 0.364. The highest BCUT2D eigenvalue weighted by atomic mass is 16.2. The first kappa shape index (κ1) is 12.9.